The normalized spacial score (nSPS) is 10.4. The zero-order valence-corrected chi connectivity index (χ0v) is 12.5. The van der Waals surface area contributed by atoms with Gasteiger partial charge in [-0.1, -0.05) is 20.3 Å². The van der Waals surface area contributed by atoms with Gasteiger partial charge in [-0.15, -0.1) is 0 Å². The maximum atomic E-state index is 11.2. The van der Waals surface area contributed by atoms with Crippen LogP contribution in [0.25, 0.3) is 11.3 Å². The van der Waals surface area contributed by atoms with Crippen LogP contribution in [0.4, 0.5) is 0 Å². The van der Waals surface area contributed by atoms with Gasteiger partial charge in [-0.05, 0) is 37.1 Å². The fourth-order valence-corrected chi connectivity index (χ4v) is 1.89. The van der Waals surface area contributed by atoms with E-state index in [9.17, 15) is 4.79 Å². The summed E-state index contributed by atoms with van der Waals surface area (Å²) in [7, 11) is 0. The molecular formula is C17H20N2O2. The molecule has 21 heavy (non-hydrogen) atoms. The van der Waals surface area contributed by atoms with E-state index in [4.69, 9.17) is 4.74 Å². The summed E-state index contributed by atoms with van der Waals surface area (Å²) >= 11 is 0. The van der Waals surface area contributed by atoms with E-state index in [2.05, 4.69) is 16.9 Å². The van der Waals surface area contributed by atoms with E-state index in [1.54, 1.807) is 25.3 Å². The van der Waals surface area contributed by atoms with E-state index >= 15 is 0 Å². The Morgan fingerprint density at radius 1 is 1.10 bits per heavy atom. The summed E-state index contributed by atoms with van der Waals surface area (Å²) in [5.41, 5.74) is 2.80. The lowest BCUT2D eigenvalue weighted by atomic mass is 10.1. The molecule has 0 bridgehead atoms. The Balaban J connectivity index is 2.06. The Hall–Kier alpha value is -2.23. The third-order valence-electron chi connectivity index (χ3n) is 3.16. The van der Waals surface area contributed by atoms with E-state index in [1.807, 2.05) is 18.3 Å². The number of nitrogens with zero attached hydrogens (tertiary/aromatic N) is 2. The van der Waals surface area contributed by atoms with Crippen LogP contribution in [0.5, 0.6) is 5.75 Å². The number of carbonyl (C=O) groups excluding carboxylic acids is 1. The Labute approximate surface area is 125 Å². The molecule has 110 valence electrons. The van der Waals surface area contributed by atoms with Crippen LogP contribution in [0.1, 0.15) is 38.8 Å². The molecule has 0 aliphatic rings. The molecule has 0 atom stereocenters. The van der Waals surface area contributed by atoms with Gasteiger partial charge in [0.15, 0.2) is 0 Å². The molecule has 0 saturated carbocycles. The van der Waals surface area contributed by atoms with Gasteiger partial charge in [0, 0.05) is 18.2 Å². The summed E-state index contributed by atoms with van der Waals surface area (Å²) in [6.07, 6.45) is 7.24. The molecule has 4 heteroatoms. The summed E-state index contributed by atoms with van der Waals surface area (Å²) in [5, 5.41) is 0. The highest BCUT2D eigenvalue weighted by Crippen LogP contribution is 2.20. The zero-order valence-electron chi connectivity index (χ0n) is 12.5. The van der Waals surface area contributed by atoms with Crippen molar-refractivity contribution in [2.24, 2.45) is 0 Å². The first-order valence-electron chi connectivity index (χ1n) is 7.35. The Morgan fingerprint density at radius 2 is 1.86 bits per heavy atom. The van der Waals surface area contributed by atoms with Gasteiger partial charge in [0.2, 0.25) is 0 Å². The SMILES string of the molecule is CCCCc1cnc(-c2ccc(OC(=O)CC)cc2)cn1. The molecule has 0 amide bonds. The van der Waals surface area contributed by atoms with Crippen molar-refractivity contribution >= 4 is 5.97 Å². The fraction of sp³-hybridized carbons (Fsp3) is 0.353. The number of aromatic nitrogens is 2. The van der Waals surface area contributed by atoms with Crippen LogP contribution in [0.15, 0.2) is 36.7 Å². The molecule has 0 aliphatic carbocycles. The maximum absolute atomic E-state index is 11.2. The minimum Gasteiger partial charge on any atom is -0.427 e. The number of rotatable bonds is 6. The predicted octanol–water partition coefficient (Wildman–Crippen LogP) is 3.80. The zero-order chi connectivity index (χ0) is 15.1. The summed E-state index contributed by atoms with van der Waals surface area (Å²) in [6.45, 7) is 3.93. The molecule has 1 aromatic heterocycles. The van der Waals surface area contributed by atoms with Crippen LogP contribution in [0.3, 0.4) is 0 Å². The number of unbranched alkanes of at least 4 members (excludes halogenated alkanes) is 1. The van der Waals surface area contributed by atoms with Crippen molar-refractivity contribution in [2.75, 3.05) is 0 Å². The van der Waals surface area contributed by atoms with Gasteiger partial charge < -0.3 is 4.74 Å². The number of esters is 1. The largest absolute Gasteiger partial charge is 0.427 e. The molecule has 0 N–H and O–H groups in total. The topological polar surface area (TPSA) is 52.1 Å². The van der Waals surface area contributed by atoms with Gasteiger partial charge >= 0.3 is 5.97 Å². The quantitative estimate of drug-likeness (QED) is 0.598. The number of benzene rings is 1. The monoisotopic (exact) mass is 284 g/mol. The number of ether oxygens (including phenoxy) is 1. The van der Waals surface area contributed by atoms with Crippen LogP contribution in [-0.4, -0.2) is 15.9 Å². The lowest BCUT2D eigenvalue weighted by molar-refractivity contribution is -0.134. The van der Waals surface area contributed by atoms with Crippen molar-refractivity contribution in [2.45, 2.75) is 39.5 Å². The van der Waals surface area contributed by atoms with E-state index in [-0.39, 0.29) is 5.97 Å². The van der Waals surface area contributed by atoms with Gasteiger partial charge in [0.25, 0.3) is 0 Å². The van der Waals surface area contributed by atoms with Crippen LogP contribution in [0.2, 0.25) is 0 Å². The maximum Gasteiger partial charge on any atom is 0.310 e. The lowest BCUT2D eigenvalue weighted by Gasteiger charge is -2.05. The first kappa shape index (κ1) is 15.2. The van der Waals surface area contributed by atoms with Crippen LogP contribution in [0, 0.1) is 0 Å². The molecule has 0 aliphatic heterocycles. The molecule has 2 aromatic rings. The van der Waals surface area contributed by atoms with Crippen molar-refractivity contribution in [3.05, 3.63) is 42.4 Å². The molecule has 0 spiro atoms. The second-order valence-electron chi connectivity index (χ2n) is 4.85. The third kappa shape index (κ3) is 4.38. The van der Waals surface area contributed by atoms with Crippen molar-refractivity contribution in [3.63, 3.8) is 0 Å². The van der Waals surface area contributed by atoms with E-state index in [1.165, 1.54) is 0 Å². The molecule has 0 saturated heterocycles. The highest BCUT2D eigenvalue weighted by molar-refractivity contribution is 5.72. The molecule has 2 rings (SSSR count). The average molecular weight is 284 g/mol. The second kappa shape index (κ2) is 7.53. The second-order valence-corrected chi connectivity index (χ2v) is 4.85. The molecule has 4 nitrogen and oxygen atoms in total. The van der Waals surface area contributed by atoms with E-state index in [0.29, 0.717) is 12.2 Å². The Kier molecular flexibility index (Phi) is 5.43. The minimum atomic E-state index is -0.234. The fourth-order valence-electron chi connectivity index (χ4n) is 1.89. The van der Waals surface area contributed by atoms with Crippen molar-refractivity contribution < 1.29 is 9.53 Å². The lowest BCUT2D eigenvalue weighted by Crippen LogP contribution is -2.05. The molecule has 1 heterocycles. The van der Waals surface area contributed by atoms with Gasteiger partial charge in [-0.25, -0.2) is 0 Å². The molecule has 0 unspecified atom stereocenters. The van der Waals surface area contributed by atoms with Crippen molar-refractivity contribution in [1.29, 1.82) is 0 Å². The smallest absolute Gasteiger partial charge is 0.310 e. The van der Waals surface area contributed by atoms with E-state index < -0.39 is 0 Å². The third-order valence-corrected chi connectivity index (χ3v) is 3.16. The van der Waals surface area contributed by atoms with Gasteiger partial charge in [0.1, 0.15) is 5.75 Å². The van der Waals surface area contributed by atoms with Crippen LogP contribution in [-0.2, 0) is 11.2 Å². The average Bonchev–Trinajstić information content (AvgIpc) is 2.54. The van der Waals surface area contributed by atoms with Crippen LogP contribution >= 0.6 is 0 Å². The standard InChI is InChI=1S/C17H20N2O2/c1-3-5-6-14-11-19-16(12-18-14)13-7-9-15(10-8-13)21-17(20)4-2/h7-12H,3-6H2,1-2H3. The van der Waals surface area contributed by atoms with Crippen molar-refractivity contribution in [1.82, 2.24) is 9.97 Å². The number of carbonyl (C=O) groups is 1. The molecule has 0 radical (unpaired) electrons. The highest BCUT2D eigenvalue weighted by atomic mass is 16.5. The minimum absolute atomic E-state index is 0.234. The van der Waals surface area contributed by atoms with Gasteiger partial charge in [-0.3, -0.25) is 14.8 Å². The van der Waals surface area contributed by atoms with Crippen molar-refractivity contribution in [3.8, 4) is 17.0 Å². The Bertz CT molecular complexity index is 577. The summed E-state index contributed by atoms with van der Waals surface area (Å²) in [5.74, 6) is 0.320. The number of hydrogen-bond donors (Lipinski definition) is 0. The van der Waals surface area contributed by atoms with E-state index in [0.717, 1.165) is 36.2 Å². The number of hydrogen-bond acceptors (Lipinski definition) is 4. The first-order chi connectivity index (χ1) is 10.2. The predicted molar refractivity (Wildman–Crippen MR) is 82.0 cm³/mol. The summed E-state index contributed by atoms with van der Waals surface area (Å²) < 4.78 is 5.14. The number of aryl methyl sites for hydroxylation is 1. The Morgan fingerprint density at radius 3 is 2.43 bits per heavy atom. The van der Waals surface area contributed by atoms with Gasteiger partial charge in [0.05, 0.1) is 17.6 Å². The highest BCUT2D eigenvalue weighted by Gasteiger charge is 2.04. The summed E-state index contributed by atoms with van der Waals surface area (Å²) in [6, 6.07) is 7.31. The molecule has 0 fully saturated rings. The molecular weight excluding hydrogens is 264 g/mol. The first-order valence-corrected chi connectivity index (χ1v) is 7.35. The van der Waals surface area contributed by atoms with Gasteiger partial charge in [-0.2, -0.15) is 0 Å². The summed E-state index contributed by atoms with van der Waals surface area (Å²) in [4.78, 5) is 20.1. The van der Waals surface area contributed by atoms with Crippen LogP contribution < -0.4 is 4.74 Å². The molecule has 1 aromatic carbocycles.